The summed E-state index contributed by atoms with van der Waals surface area (Å²) in [5.74, 6) is 0. The van der Waals surface area contributed by atoms with E-state index in [0.717, 1.165) is 54.1 Å². The second-order valence-electron chi connectivity index (χ2n) is 6.57. The van der Waals surface area contributed by atoms with E-state index < -0.39 is 0 Å². The third-order valence-corrected chi connectivity index (χ3v) is 5.57. The number of piperazine rings is 1. The van der Waals surface area contributed by atoms with Gasteiger partial charge in [-0.05, 0) is 49.0 Å². The highest BCUT2D eigenvalue weighted by Gasteiger charge is 2.22. The lowest BCUT2D eigenvalue weighted by molar-refractivity contribution is -0.917. The van der Waals surface area contributed by atoms with E-state index in [9.17, 15) is 0 Å². The van der Waals surface area contributed by atoms with Crippen molar-refractivity contribution in [2.45, 2.75) is 13.5 Å². The fourth-order valence-electron chi connectivity index (χ4n) is 3.13. The predicted molar refractivity (Wildman–Crippen MR) is 110 cm³/mol. The topological polar surface area (TPSA) is 43.5 Å². The summed E-state index contributed by atoms with van der Waals surface area (Å²) in [5, 5.41) is 13.7. The van der Waals surface area contributed by atoms with E-state index in [4.69, 9.17) is 29.1 Å². The van der Waals surface area contributed by atoms with Crippen LogP contribution in [0.3, 0.4) is 0 Å². The van der Waals surface area contributed by atoms with Crippen LogP contribution in [-0.2, 0) is 6.54 Å². The Hall–Kier alpha value is -2.13. The normalized spacial score (nSPS) is 14.7. The molecule has 6 heteroatoms. The maximum Gasteiger partial charge on any atom is 0.173 e. The molecular formula is C20H22ClN4S+. The van der Waals surface area contributed by atoms with E-state index in [0.29, 0.717) is 5.56 Å². The summed E-state index contributed by atoms with van der Waals surface area (Å²) in [6, 6.07) is 15.8. The third kappa shape index (κ3) is 4.53. The Morgan fingerprint density at radius 3 is 2.58 bits per heavy atom. The van der Waals surface area contributed by atoms with Gasteiger partial charge in [-0.15, -0.1) is 0 Å². The summed E-state index contributed by atoms with van der Waals surface area (Å²) in [6.45, 7) is 6.90. The molecule has 2 N–H and O–H groups in total. The van der Waals surface area contributed by atoms with E-state index in [1.165, 1.54) is 10.5 Å². The highest BCUT2D eigenvalue weighted by atomic mass is 35.5. The molecule has 0 atom stereocenters. The molecule has 0 unspecified atom stereocenters. The van der Waals surface area contributed by atoms with Crippen molar-refractivity contribution in [1.82, 2.24) is 4.90 Å². The molecule has 1 aliphatic heterocycles. The maximum atomic E-state index is 8.88. The molecule has 4 nitrogen and oxygen atoms in total. The van der Waals surface area contributed by atoms with Crippen molar-refractivity contribution in [3.8, 4) is 6.07 Å². The number of anilines is 1. The van der Waals surface area contributed by atoms with Crippen LogP contribution in [0.5, 0.6) is 0 Å². The molecule has 1 heterocycles. The SMILES string of the molecule is Cc1c(Cl)cccc1NC(=S)N1CC[NH+](Cc2ccc(C#N)cc2)CC1. The summed E-state index contributed by atoms with van der Waals surface area (Å²) >= 11 is 11.8. The monoisotopic (exact) mass is 385 g/mol. The van der Waals surface area contributed by atoms with Crippen LogP contribution in [0, 0.1) is 18.3 Å². The van der Waals surface area contributed by atoms with Crippen molar-refractivity contribution in [3.63, 3.8) is 0 Å². The number of quaternary nitrogens is 1. The van der Waals surface area contributed by atoms with Gasteiger partial charge in [-0.1, -0.05) is 29.8 Å². The Kier molecular flexibility index (Phi) is 6.10. The van der Waals surface area contributed by atoms with Gasteiger partial charge in [0.05, 0.1) is 37.8 Å². The zero-order valence-electron chi connectivity index (χ0n) is 14.8. The molecule has 0 spiro atoms. The number of benzene rings is 2. The third-order valence-electron chi connectivity index (χ3n) is 4.80. The Morgan fingerprint density at radius 1 is 1.23 bits per heavy atom. The van der Waals surface area contributed by atoms with E-state index >= 15 is 0 Å². The second kappa shape index (κ2) is 8.50. The van der Waals surface area contributed by atoms with E-state index in [1.807, 2.05) is 49.4 Å². The van der Waals surface area contributed by atoms with Crippen LogP contribution >= 0.6 is 23.8 Å². The number of nitrogens with zero attached hydrogens (tertiary/aromatic N) is 2. The first-order chi connectivity index (χ1) is 12.6. The van der Waals surface area contributed by atoms with Crippen molar-refractivity contribution in [2.24, 2.45) is 0 Å². The van der Waals surface area contributed by atoms with Crippen molar-refractivity contribution >= 4 is 34.6 Å². The second-order valence-corrected chi connectivity index (χ2v) is 7.36. The molecule has 134 valence electrons. The van der Waals surface area contributed by atoms with Crippen LogP contribution in [0.1, 0.15) is 16.7 Å². The summed E-state index contributed by atoms with van der Waals surface area (Å²) in [7, 11) is 0. The summed E-state index contributed by atoms with van der Waals surface area (Å²) in [6.07, 6.45) is 0. The van der Waals surface area contributed by atoms with E-state index in [1.54, 1.807) is 0 Å². The molecular weight excluding hydrogens is 364 g/mol. The van der Waals surface area contributed by atoms with Gasteiger partial charge >= 0.3 is 0 Å². The number of halogens is 1. The highest BCUT2D eigenvalue weighted by molar-refractivity contribution is 7.80. The number of hydrogen-bond acceptors (Lipinski definition) is 2. The maximum absolute atomic E-state index is 8.88. The minimum absolute atomic E-state index is 0.710. The fourth-order valence-corrected chi connectivity index (χ4v) is 3.59. The molecule has 1 aliphatic rings. The average Bonchev–Trinajstić information content (AvgIpc) is 2.66. The molecule has 1 fully saturated rings. The van der Waals surface area contributed by atoms with Gasteiger partial charge in [0.2, 0.25) is 0 Å². The largest absolute Gasteiger partial charge is 0.338 e. The lowest BCUT2D eigenvalue weighted by Gasteiger charge is -2.34. The minimum atomic E-state index is 0.710. The zero-order valence-corrected chi connectivity index (χ0v) is 16.3. The highest BCUT2D eigenvalue weighted by Crippen LogP contribution is 2.23. The first kappa shape index (κ1) is 18.7. The molecule has 0 aliphatic carbocycles. The number of thiocarbonyl (C=S) groups is 1. The molecule has 2 aromatic rings. The Morgan fingerprint density at radius 2 is 1.92 bits per heavy atom. The fraction of sp³-hybridized carbons (Fsp3) is 0.300. The molecule has 1 saturated heterocycles. The van der Waals surface area contributed by atoms with Crippen molar-refractivity contribution in [2.75, 3.05) is 31.5 Å². The van der Waals surface area contributed by atoms with Crippen molar-refractivity contribution < 1.29 is 4.90 Å². The number of hydrogen-bond donors (Lipinski definition) is 2. The number of nitrogens with one attached hydrogen (secondary N) is 2. The molecule has 26 heavy (non-hydrogen) atoms. The minimum Gasteiger partial charge on any atom is -0.338 e. The summed E-state index contributed by atoms with van der Waals surface area (Å²) < 4.78 is 0. The number of nitriles is 1. The lowest BCUT2D eigenvalue weighted by Crippen LogP contribution is -3.13. The molecule has 0 radical (unpaired) electrons. The predicted octanol–water partition coefficient (Wildman–Crippen LogP) is 2.62. The van der Waals surface area contributed by atoms with Gasteiger partial charge in [0.25, 0.3) is 0 Å². The van der Waals surface area contributed by atoms with Crippen LogP contribution in [-0.4, -0.2) is 36.2 Å². The molecule has 2 aromatic carbocycles. The lowest BCUT2D eigenvalue weighted by atomic mass is 10.1. The van der Waals surface area contributed by atoms with Crippen LogP contribution in [0.2, 0.25) is 5.02 Å². The molecule has 0 amide bonds. The van der Waals surface area contributed by atoms with E-state index in [-0.39, 0.29) is 0 Å². The van der Waals surface area contributed by atoms with E-state index in [2.05, 4.69) is 16.3 Å². The average molecular weight is 386 g/mol. The number of rotatable bonds is 3. The summed E-state index contributed by atoms with van der Waals surface area (Å²) in [4.78, 5) is 3.76. The Balaban J connectivity index is 1.52. The Labute approximate surface area is 165 Å². The van der Waals surface area contributed by atoms with Gasteiger partial charge in [-0.25, -0.2) is 0 Å². The molecule has 0 aromatic heterocycles. The van der Waals surface area contributed by atoms with Gasteiger partial charge in [-0.3, -0.25) is 0 Å². The van der Waals surface area contributed by atoms with Gasteiger partial charge < -0.3 is 15.1 Å². The zero-order chi connectivity index (χ0) is 18.5. The van der Waals surface area contributed by atoms with Crippen LogP contribution in [0.4, 0.5) is 5.69 Å². The first-order valence-electron chi connectivity index (χ1n) is 8.70. The smallest absolute Gasteiger partial charge is 0.173 e. The van der Waals surface area contributed by atoms with Gasteiger partial charge in [0.15, 0.2) is 5.11 Å². The van der Waals surface area contributed by atoms with Crippen LogP contribution < -0.4 is 10.2 Å². The molecule has 3 rings (SSSR count). The quantitative estimate of drug-likeness (QED) is 0.797. The standard InChI is InChI=1S/C20H21ClN4S/c1-15-18(21)3-2-4-19(15)23-20(26)25-11-9-24(10-12-25)14-17-7-5-16(13-22)6-8-17/h2-8H,9-12,14H2,1H3,(H,23,26)/p+1. The first-order valence-corrected chi connectivity index (χ1v) is 9.49. The van der Waals surface area contributed by atoms with Crippen LogP contribution in [0.15, 0.2) is 42.5 Å². The van der Waals surface area contributed by atoms with Gasteiger partial charge in [0.1, 0.15) is 6.54 Å². The molecule has 0 saturated carbocycles. The van der Waals surface area contributed by atoms with Crippen molar-refractivity contribution in [3.05, 3.63) is 64.2 Å². The van der Waals surface area contributed by atoms with Gasteiger partial charge in [-0.2, -0.15) is 5.26 Å². The van der Waals surface area contributed by atoms with Crippen LogP contribution in [0.25, 0.3) is 0 Å². The summed E-state index contributed by atoms with van der Waals surface area (Å²) in [5.41, 5.74) is 3.96. The molecule has 0 bridgehead atoms. The Bertz CT molecular complexity index is 821. The van der Waals surface area contributed by atoms with Gasteiger partial charge in [0, 0.05) is 16.3 Å². The van der Waals surface area contributed by atoms with Crippen molar-refractivity contribution in [1.29, 1.82) is 5.26 Å².